The standard InChI is InChI=1S/C29H44O/c1-18-9-7-10-21-13-16-28(5)22-11-12-24-27(4,20(3)30)14-8-15-29(24,6)26(22)19(2)17-23(28)25(18)21/h17-18,21-22,24-26,30H,2-3,7-16H2,1,4-6H3/t18?,21?,22?,24?,25?,26?,27-,28+,29?/m1/s1. The van der Waals surface area contributed by atoms with E-state index in [0.717, 1.165) is 30.1 Å². The van der Waals surface area contributed by atoms with Crippen molar-refractivity contribution in [2.75, 3.05) is 0 Å². The summed E-state index contributed by atoms with van der Waals surface area (Å²) in [6.07, 6.45) is 15.8. The number of hydrogen-bond donors (Lipinski definition) is 1. The Morgan fingerprint density at radius 3 is 2.50 bits per heavy atom. The molecule has 9 atom stereocenters. The predicted octanol–water partition coefficient (Wildman–Crippen LogP) is 8.25. The van der Waals surface area contributed by atoms with Crippen LogP contribution in [0.25, 0.3) is 0 Å². The average Bonchev–Trinajstić information content (AvgIpc) is 2.68. The Balaban J connectivity index is 1.58. The Kier molecular flexibility index (Phi) is 4.71. The van der Waals surface area contributed by atoms with Gasteiger partial charge in [0.2, 0.25) is 0 Å². The molecule has 0 aromatic heterocycles. The van der Waals surface area contributed by atoms with E-state index in [1.54, 1.807) is 5.57 Å². The highest BCUT2D eigenvalue weighted by molar-refractivity contribution is 5.40. The SMILES string of the molecule is C=C1C=C2C3C(C)CCCC3CC[C@@]2(C)C2CCC3C(C)(CCC[C@]3(C)C(=C)O)C12. The summed E-state index contributed by atoms with van der Waals surface area (Å²) in [5, 5.41) is 10.6. The van der Waals surface area contributed by atoms with Crippen LogP contribution < -0.4 is 0 Å². The molecule has 1 heteroatoms. The molecule has 0 spiro atoms. The first-order chi connectivity index (χ1) is 14.1. The van der Waals surface area contributed by atoms with Gasteiger partial charge in [-0.05, 0) is 91.3 Å². The molecule has 5 rings (SSSR count). The summed E-state index contributed by atoms with van der Waals surface area (Å²) in [6, 6.07) is 0. The van der Waals surface area contributed by atoms with Gasteiger partial charge in [0.15, 0.2) is 0 Å². The third-order valence-corrected chi connectivity index (χ3v) is 11.5. The van der Waals surface area contributed by atoms with Crippen molar-refractivity contribution in [3.8, 4) is 0 Å². The molecule has 0 aromatic rings. The molecule has 7 unspecified atom stereocenters. The largest absolute Gasteiger partial charge is 0.512 e. The lowest BCUT2D eigenvalue weighted by molar-refractivity contribution is -0.118. The number of hydrogen-bond acceptors (Lipinski definition) is 1. The topological polar surface area (TPSA) is 20.2 Å². The third kappa shape index (κ3) is 2.59. The van der Waals surface area contributed by atoms with E-state index in [1.165, 1.54) is 63.4 Å². The van der Waals surface area contributed by atoms with E-state index in [2.05, 4.69) is 40.3 Å². The molecule has 0 aliphatic heterocycles. The second-order valence-electron chi connectivity index (χ2n) is 12.8. The zero-order chi connectivity index (χ0) is 21.5. The zero-order valence-electron chi connectivity index (χ0n) is 20.0. The van der Waals surface area contributed by atoms with Crippen molar-refractivity contribution in [3.05, 3.63) is 36.1 Å². The maximum atomic E-state index is 10.6. The average molecular weight is 409 g/mol. The number of fused-ring (bicyclic) bond motifs is 7. The second-order valence-corrected chi connectivity index (χ2v) is 12.8. The van der Waals surface area contributed by atoms with Crippen LogP contribution in [-0.4, -0.2) is 5.11 Å². The van der Waals surface area contributed by atoms with Crippen LogP contribution in [0.2, 0.25) is 0 Å². The lowest BCUT2D eigenvalue weighted by Crippen LogP contribution is -2.58. The minimum Gasteiger partial charge on any atom is -0.512 e. The highest BCUT2D eigenvalue weighted by atomic mass is 16.3. The van der Waals surface area contributed by atoms with Crippen LogP contribution in [0.1, 0.15) is 91.9 Å². The molecule has 0 heterocycles. The van der Waals surface area contributed by atoms with Crippen LogP contribution in [0.3, 0.4) is 0 Å². The van der Waals surface area contributed by atoms with Gasteiger partial charge in [-0.3, -0.25) is 0 Å². The summed E-state index contributed by atoms with van der Waals surface area (Å²) in [4.78, 5) is 0. The van der Waals surface area contributed by atoms with Gasteiger partial charge in [0.1, 0.15) is 0 Å². The molecule has 30 heavy (non-hydrogen) atoms. The molecule has 166 valence electrons. The highest BCUT2D eigenvalue weighted by Gasteiger charge is 2.63. The van der Waals surface area contributed by atoms with Crippen molar-refractivity contribution < 1.29 is 5.11 Å². The van der Waals surface area contributed by atoms with E-state index in [-0.39, 0.29) is 10.8 Å². The highest BCUT2D eigenvalue weighted by Crippen LogP contribution is 2.71. The molecular formula is C29H44O. The van der Waals surface area contributed by atoms with Gasteiger partial charge in [0.05, 0.1) is 5.76 Å². The molecule has 5 aliphatic carbocycles. The van der Waals surface area contributed by atoms with E-state index in [1.807, 2.05) is 0 Å². The van der Waals surface area contributed by atoms with E-state index in [0.29, 0.717) is 23.0 Å². The molecule has 0 radical (unpaired) electrons. The fourth-order valence-corrected chi connectivity index (χ4v) is 9.99. The fourth-order valence-electron chi connectivity index (χ4n) is 9.99. The molecule has 1 N–H and O–H groups in total. The Hall–Kier alpha value is -0.980. The lowest BCUT2D eigenvalue weighted by atomic mass is 9.38. The summed E-state index contributed by atoms with van der Waals surface area (Å²) in [5.74, 6) is 4.81. The van der Waals surface area contributed by atoms with Crippen molar-refractivity contribution in [2.24, 2.45) is 51.8 Å². The molecule has 1 nitrogen and oxygen atoms in total. The molecule has 5 aliphatic rings. The summed E-state index contributed by atoms with van der Waals surface area (Å²) in [5.41, 5.74) is 3.68. The van der Waals surface area contributed by atoms with Crippen LogP contribution in [0, 0.1) is 51.8 Å². The first-order valence-electron chi connectivity index (χ1n) is 12.9. The van der Waals surface area contributed by atoms with Gasteiger partial charge in [-0.1, -0.05) is 77.3 Å². The number of aliphatic hydroxyl groups is 1. The van der Waals surface area contributed by atoms with Crippen LogP contribution in [0.15, 0.2) is 36.1 Å². The third-order valence-electron chi connectivity index (χ3n) is 11.5. The van der Waals surface area contributed by atoms with E-state index in [9.17, 15) is 5.11 Å². The van der Waals surface area contributed by atoms with E-state index in [4.69, 9.17) is 6.58 Å². The smallest absolute Gasteiger partial charge is 0.0912 e. The van der Waals surface area contributed by atoms with Crippen LogP contribution in [-0.2, 0) is 0 Å². The van der Waals surface area contributed by atoms with Gasteiger partial charge in [-0.2, -0.15) is 0 Å². The van der Waals surface area contributed by atoms with Crippen molar-refractivity contribution in [1.82, 2.24) is 0 Å². The van der Waals surface area contributed by atoms with E-state index >= 15 is 0 Å². The number of allylic oxidation sites excluding steroid dienone is 4. The maximum Gasteiger partial charge on any atom is 0.0912 e. The molecule has 4 saturated carbocycles. The summed E-state index contributed by atoms with van der Waals surface area (Å²) < 4.78 is 0. The van der Waals surface area contributed by atoms with Crippen molar-refractivity contribution in [3.63, 3.8) is 0 Å². The van der Waals surface area contributed by atoms with Gasteiger partial charge in [0, 0.05) is 5.41 Å². The quantitative estimate of drug-likeness (QED) is 0.433. The Labute approximate surface area is 185 Å². The van der Waals surface area contributed by atoms with Gasteiger partial charge >= 0.3 is 0 Å². The van der Waals surface area contributed by atoms with Gasteiger partial charge < -0.3 is 5.11 Å². The number of rotatable bonds is 1. The van der Waals surface area contributed by atoms with Crippen molar-refractivity contribution in [1.29, 1.82) is 0 Å². The summed E-state index contributed by atoms with van der Waals surface area (Å²) in [6.45, 7) is 18.8. The number of aliphatic hydroxyl groups excluding tert-OH is 1. The summed E-state index contributed by atoms with van der Waals surface area (Å²) in [7, 11) is 0. The molecule has 0 saturated heterocycles. The Morgan fingerprint density at radius 1 is 1.00 bits per heavy atom. The molecular weight excluding hydrogens is 364 g/mol. The first-order valence-corrected chi connectivity index (χ1v) is 12.9. The Morgan fingerprint density at radius 2 is 1.77 bits per heavy atom. The van der Waals surface area contributed by atoms with Gasteiger partial charge in [0.25, 0.3) is 0 Å². The minimum absolute atomic E-state index is 0.126. The molecule has 0 amide bonds. The van der Waals surface area contributed by atoms with Crippen LogP contribution >= 0.6 is 0 Å². The maximum absolute atomic E-state index is 10.6. The minimum atomic E-state index is -0.126. The Bertz CT molecular complexity index is 790. The molecule has 0 bridgehead atoms. The van der Waals surface area contributed by atoms with Crippen molar-refractivity contribution >= 4 is 0 Å². The second kappa shape index (κ2) is 6.76. The van der Waals surface area contributed by atoms with Crippen LogP contribution in [0.5, 0.6) is 0 Å². The van der Waals surface area contributed by atoms with Gasteiger partial charge in [-0.15, -0.1) is 0 Å². The first kappa shape index (κ1) is 20.9. The normalized spacial score (nSPS) is 52.9. The van der Waals surface area contributed by atoms with Gasteiger partial charge in [-0.25, -0.2) is 0 Å². The van der Waals surface area contributed by atoms with Crippen molar-refractivity contribution in [2.45, 2.75) is 91.9 Å². The predicted molar refractivity (Wildman–Crippen MR) is 126 cm³/mol. The molecule has 4 fully saturated rings. The zero-order valence-corrected chi connectivity index (χ0v) is 20.0. The fraction of sp³-hybridized carbons (Fsp3) is 0.793. The summed E-state index contributed by atoms with van der Waals surface area (Å²) >= 11 is 0. The lowest BCUT2D eigenvalue weighted by Gasteiger charge is -2.66. The molecule has 0 aromatic carbocycles. The monoisotopic (exact) mass is 408 g/mol. The van der Waals surface area contributed by atoms with Crippen LogP contribution in [0.4, 0.5) is 0 Å². The van der Waals surface area contributed by atoms with E-state index < -0.39 is 0 Å².